The van der Waals surface area contributed by atoms with Crippen LogP contribution in [0.1, 0.15) is 43.6 Å². The molecule has 0 aliphatic heterocycles. The topological polar surface area (TPSA) is 25.8 Å². The van der Waals surface area contributed by atoms with Crippen molar-refractivity contribution >= 4 is 11.6 Å². The van der Waals surface area contributed by atoms with Crippen molar-refractivity contribution in [2.45, 2.75) is 46.5 Å². The van der Waals surface area contributed by atoms with E-state index in [2.05, 4.69) is 48.1 Å². The van der Waals surface area contributed by atoms with Crippen molar-refractivity contribution in [3.63, 3.8) is 0 Å². The summed E-state index contributed by atoms with van der Waals surface area (Å²) in [4.78, 5) is 9.02. The Morgan fingerprint density at radius 1 is 0.950 bits per heavy atom. The average Bonchev–Trinajstić information content (AvgIpc) is 2.44. The molecule has 0 saturated carbocycles. The molecule has 0 saturated heterocycles. The van der Waals surface area contributed by atoms with E-state index in [4.69, 9.17) is 11.6 Å². The maximum atomic E-state index is 6.23. The molecule has 0 unspecified atom stereocenters. The van der Waals surface area contributed by atoms with Crippen LogP contribution in [0.15, 0.2) is 24.3 Å². The minimum Gasteiger partial charge on any atom is -0.233 e. The van der Waals surface area contributed by atoms with Crippen LogP contribution in [-0.4, -0.2) is 9.97 Å². The second-order valence-corrected chi connectivity index (χ2v) is 5.46. The summed E-state index contributed by atoms with van der Waals surface area (Å²) in [6.07, 6.45) is 4.17. The van der Waals surface area contributed by atoms with Crippen LogP contribution in [-0.2, 0) is 12.8 Å². The molecule has 20 heavy (non-hydrogen) atoms. The van der Waals surface area contributed by atoms with Crippen molar-refractivity contribution in [3.05, 3.63) is 46.4 Å². The maximum Gasteiger partial charge on any atom is 0.136 e. The molecule has 1 aromatic carbocycles. The van der Waals surface area contributed by atoms with Crippen LogP contribution in [0.2, 0.25) is 5.15 Å². The molecule has 2 nitrogen and oxygen atoms in total. The van der Waals surface area contributed by atoms with E-state index in [9.17, 15) is 0 Å². The molecule has 1 aromatic heterocycles. The van der Waals surface area contributed by atoms with E-state index in [0.29, 0.717) is 5.15 Å². The van der Waals surface area contributed by atoms with Crippen molar-refractivity contribution in [2.24, 2.45) is 0 Å². The van der Waals surface area contributed by atoms with Gasteiger partial charge in [0.2, 0.25) is 0 Å². The molecule has 0 fully saturated rings. The summed E-state index contributed by atoms with van der Waals surface area (Å²) < 4.78 is 0. The van der Waals surface area contributed by atoms with Crippen molar-refractivity contribution in [1.82, 2.24) is 9.97 Å². The highest BCUT2D eigenvalue weighted by molar-refractivity contribution is 6.30. The monoisotopic (exact) mass is 288 g/mol. The Morgan fingerprint density at radius 3 is 2.20 bits per heavy atom. The van der Waals surface area contributed by atoms with Gasteiger partial charge in [0, 0.05) is 17.5 Å². The third-order valence-corrected chi connectivity index (χ3v) is 3.74. The molecule has 2 aromatic rings. The van der Waals surface area contributed by atoms with Gasteiger partial charge in [-0.05, 0) is 25.3 Å². The zero-order valence-electron chi connectivity index (χ0n) is 12.4. The van der Waals surface area contributed by atoms with Gasteiger partial charge in [0.15, 0.2) is 0 Å². The molecule has 0 N–H and O–H groups in total. The zero-order valence-corrected chi connectivity index (χ0v) is 13.2. The summed E-state index contributed by atoms with van der Waals surface area (Å²) >= 11 is 6.23. The number of halogens is 1. The van der Waals surface area contributed by atoms with Crippen LogP contribution in [0.4, 0.5) is 0 Å². The molecule has 106 valence electrons. The Hall–Kier alpha value is -1.41. The first-order valence-electron chi connectivity index (χ1n) is 7.28. The van der Waals surface area contributed by atoms with Gasteiger partial charge >= 0.3 is 0 Å². The summed E-state index contributed by atoms with van der Waals surface area (Å²) in [5.74, 6) is 0.829. The lowest BCUT2D eigenvalue weighted by atomic mass is 10.0. The Kier molecular flexibility index (Phi) is 5.13. The smallest absolute Gasteiger partial charge is 0.136 e. The summed E-state index contributed by atoms with van der Waals surface area (Å²) in [5, 5.41) is 0.566. The van der Waals surface area contributed by atoms with Crippen LogP contribution in [0.25, 0.3) is 11.3 Å². The van der Waals surface area contributed by atoms with Gasteiger partial charge in [0.25, 0.3) is 0 Å². The van der Waals surface area contributed by atoms with Gasteiger partial charge in [0.05, 0.1) is 5.69 Å². The number of aryl methyl sites for hydroxylation is 2. The van der Waals surface area contributed by atoms with Crippen LogP contribution in [0.3, 0.4) is 0 Å². The summed E-state index contributed by atoms with van der Waals surface area (Å²) in [6, 6.07) is 8.61. The second kappa shape index (κ2) is 6.85. The lowest BCUT2D eigenvalue weighted by Crippen LogP contribution is -2.00. The van der Waals surface area contributed by atoms with Crippen LogP contribution in [0, 0.1) is 6.92 Å². The van der Waals surface area contributed by atoms with Crippen LogP contribution in [0.5, 0.6) is 0 Å². The molecule has 0 aliphatic rings. The number of nitrogens with zero attached hydrogens (tertiary/aromatic N) is 2. The molecule has 0 amide bonds. The largest absolute Gasteiger partial charge is 0.233 e. The Morgan fingerprint density at radius 2 is 1.60 bits per heavy atom. The van der Waals surface area contributed by atoms with E-state index in [-0.39, 0.29) is 0 Å². The Bertz CT molecular complexity index is 576. The normalized spacial score (nSPS) is 10.8. The lowest BCUT2D eigenvalue weighted by Gasteiger charge is -2.10. The molecule has 2 rings (SSSR count). The predicted molar refractivity (Wildman–Crippen MR) is 85.2 cm³/mol. The number of benzene rings is 1. The third-order valence-electron chi connectivity index (χ3n) is 3.37. The lowest BCUT2D eigenvalue weighted by molar-refractivity contribution is 0.833. The average molecular weight is 289 g/mol. The van der Waals surface area contributed by atoms with Crippen molar-refractivity contribution in [1.29, 1.82) is 0 Å². The predicted octanol–water partition coefficient (Wildman–Crippen LogP) is 5.01. The Labute approximate surface area is 126 Å². The van der Waals surface area contributed by atoms with Gasteiger partial charge in [-0.3, -0.25) is 0 Å². The standard InChI is InChI=1S/C17H21ClN2/c1-4-6-13-8-10-14(11-9-13)16-12(3)17(18)20-15(19-16)7-5-2/h8-11H,4-7H2,1-3H3. The SMILES string of the molecule is CCCc1ccc(-c2nc(CCC)nc(Cl)c2C)cc1. The second-order valence-electron chi connectivity index (χ2n) is 5.10. The van der Waals surface area contributed by atoms with E-state index < -0.39 is 0 Å². The first-order valence-corrected chi connectivity index (χ1v) is 7.65. The minimum atomic E-state index is 0.566. The molecule has 1 heterocycles. The van der Waals surface area contributed by atoms with Gasteiger partial charge in [-0.15, -0.1) is 0 Å². The first-order chi connectivity index (χ1) is 9.65. The van der Waals surface area contributed by atoms with E-state index in [1.165, 1.54) is 12.0 Å². The molecule has 0 atom stereocenters. The highest BCUT2D eigenvalue weighted by Gasteiger charge is 2.11. The maximum absolute atomic E-state index is 6.23. The first kappa shape index (κ1) is 15.0. The molecule has 0 radical (unpaired) electrons. The molecular formula is C17H21ClN2. The van der Waals surface area contributed by atoms with Gasteiger partial charge in [-0.25, -0.2) is 9.97 Å². The molecule has 3 heteroatoms. The number of aromatic nitrogens is 2. The van der Waals surface area contributed by atoms with Gasteiger partial charge in [-0.2, -0.15) is 0 Å². The van der Waals surface area contributed by atoms with Crippen molar-refractivity contribution in [3.8, 4) is 11.3 Å². The van der Waals surface area contributed by atoms with Crippen LogP contribution >= 0.6 is 11.6 Å². The number of hydrogen-bond acceptors (Lipinski definition) is 2. The van der Waals surface area contributed by atoms with E-state index in [0.717, 1.165) is 41.9 Å². The van der Waals surface area contributed by atoms with E-state index in [1.54, 1.807) is 0 Å². The van der Waals surface area contributed by atoms with Gasteiger partial charge in [0.1, 0.15) is 11.0 Å². The Balaban J connectivity index is 2.40. The molecule has 0 bridgehead atoms. The van der Waals surface area contributed by atoms with Crippen LogP contribution < -0.4 is 0 Å². The highest BCUT2D eigenvalue weighted by Crippen LogP contribution is 2.26. The summed E-state index contributed by atoms with van der Waals surface area (Å²) in [7, 11) is 0. The number of rotatable bonds is 5. The fourth-order valence-corrected chi connectivity index (χ4v) is 2.45. The van der Waals surface area contributed by atoms with Crippen molar-refractivity contribution < 1.29 is 0 Å². The fraction of sp³-hybridized carbons (Fsp3) is 0.412. The third kappa shape index (κ3) is 3.37. The molecular weight excluding hydrogens is 268 g/mol. The minimum absolute atomic E-state index is 0.566. The fourth-order valence-electron chi connectivity index (χ4n) is 2.27. The van der Waals surface area contributed by atoms with E-state index >= 15 is 0 Å². The van der Waals surface area contributed by atoms with E-state index in [1.807, 2.05) is 6.92 Å². The number of hydrogen-bond donors (Lipinski definition) is 0. The van der Waals surface area contributed by atoms with Crippen molar-refractivity contribution in [2.75, 3.05) is 0 Å². The summed E-state index contributed by atoms with van der Waals surface area (Å²) in [5.41, 5.74) is 4.39. The summed E-state index contributed by atoms with van der Waals surface area (Å²) in [6.45, 7) is 6.29. The molecule has 0 spiro atoms. The zero-order chi connectivity index (χ0) is 14.5. The van der Waals surface area contributed by atoms with Gasteiger partial charge in [-0.1, -0.05) is 56.1 Å². The quantitative estimate of drug-likeness (QED) is 0.723. The van der Waals surface area contributed by atoms with Gasteiger partial charge < -0.3 is 0 Å². The highest BCUT2D eigenvalue weighted by atomic mass is 35.5. The molecule has 0 aliphatic carbocycles.